The zero-order valence-corrected chi connectivity index (χ0v) is 7.06. The van der Waals surface area contributed by atoms with Crippen molar-refractivity contribution in [3.63, 3.8) is 0 Å². The number of rotatable bonds is 4. The lowest BCUT2D eigenvalue weighted by Gasteiger charge is -2.03. The highest BCUT2D eigenvalue weighted by Crippen LogP contribution is 1.89. The van der Waals surface area contributed by atoms with Crippen LogP contribution in [0.1, 0.15) is 0 Å². The van der Waals surface area contributed by atoms with E-state index in [2.05, 4.69) is 5.32 Å². The third-order valence-corrected chi connectivity index (χ3v) is 1.10. The van der Waals surface area contributed by atoms with Crippen LogP contribution in [-0.4, -0.2) is 31.5 Å². The van der Waals surface area contributed by atoms with Crippen molar-refractivity contribution < 1.29 is 4.48 Å². The largest absolute Gasteiger partial charge is 0.380 e. The Hall–Kier alpha value is -1.41. The molecular formula is C7H11FN4. The van der Waals surface area contributed by atoms with E-state index in [1.807, 2.05) is 6.07 Å². The van der Waals surface area contributed by atoms with Crippen LogP contribution in [0.2, 0.25) is 0 Å². The second-order valence-corrected chi connectivity index (χ2v) is 2.21. The van der Waals surface area contributed by atoms with Crippen LogP contribution in [-0.2, 0) is 0 Å². The molecule has 0 heterocycles. The summed E-state index contributed by atoms with van der Waals surface area (Å²) in [5.74, 6) is 0. The maximum absolute atomic E-state index is 12.2. The monoisotopic (exact) mass is 170 g/mol. The van der Waals surface area contributed by atoms with Gasteiger partial charge >= 0.3 is 0 Å². The molecule has 0 saturated heterocycles. The average Bonchev–Trinajstić information content (AvgIpc) is 1.98. The highest BCUT2D eigenvalue weighted by Gasteiger charge is 1.99. The van der Waals surface area contributed by atoms with Crippen molar-refractivity contribution in [3.05, 3.63) is 11.8 Å². The lowest BCUT2D eigenvalue weighted by Crippen LogP contribution is -2.17. The quantitative estimate of drug-likeness (QED) is 0.366. The van der Waals surface area contributed by atoms with E-state index in [0.29, 0.717) is 5.12 Å². The van der Waals surface area contributed by atoms with Gasteiger partial charge in [0.25, 0.3) is 0 Å². The van der Waals surface area contributed by atoms with Crippen molar-refractivity contribution in [3.8, 4) is 6.07 Å². The SMILES string of the molecule is CN/C(C#N)=C\C(=N)CN(C)F. The normalized spacial score (nSPS) is 11.1. The van der Waals surface area contributed by atoms with Crippen LogP contribution in [0.4, 0.5) is 4.48 Å². The van der Waals surface area contributed by atoms with Crippen molar-refractivity contribution in [1.82, 2.24) is 10.4 Å². The van der Waals surface area contributed by atoms with E-state index in [1.54, 1.807) is 7.05 Å². The molecule has 2 N–H and O–H groups in total. The first-order valence-electron chi connectivity index (χ1n) is 3.34. The maximum Gasteiger partial charge on any atom is 0.117 e. The second kappa shape index (κ2) is 5.27. The highest BCUT2D eigenvalue weighted by molar-refractivity contribution is 5.94. The molecule has 0 aliphatic carbocycles. The molecule has 0 amide bonds. The lowest BCUT2D eigenvalue weighted by atomic mass is 10.3. The fourth-order valence-electron chi connectivity index (χ4n) is 0.615. The van der Waals surface area contributed by atoms with Gasteiger partial charge in [-0.2, -0.15) is 5.26 Å². The predicted octanol–water partition coefficient (Wildman–Crippen LogP) is 0.449. The first-order valence-corrected chi connectivity index (χ1v) is 3.34. The number of hydrogen-bond donors (Lipinski definition) is 2. The number of nitrogens with zero attached hydrogens (tertiary/aromatic N) is 2. The van der Waals surface area contributed by atoms with Gasteiger partial charge in [-0.05, 0) is 6.08 Å². The molecule has 4 nitrogen and oxygen atoms in total. The molecule has 5 heteroatoms. The molecule has 0 saturated carbocycles. The molecule has 0 spiro atoms. The van der Waals surface area contributed by atoms with Gasteiger partial charge in [0.05, 0.1) is 12.3 Å². The molecular weight excluding hydrogens is 159 g/mol. The number of halogens is 1. The van der Waals surface area contributed by atoms with E-state index in [4.69, 9.17) is 10.7 Å². The number of hydrogen-bond acceptors (Lipinski definition) is 4. The molecule has 0 aromatic heterocycles. The zero-order chi connectivity index (χ0) is 9.56. The van der Waals surface area contributed by atoms with Crippen LogP contribution in [0.3, 0.4) is 0 Å². The fraction of sp³-hybridized carbons (Fsp3) is 0.429. The summed E-state index contributed by atoms with van der Waals surface area (Å²) >= 11 is 0. The molecule has 0 aliphatic heterocycles. The van der Waals surface area contributed by atoms with Gasteiger partial charge in [0.15, 0.2) is 0 Å². The smallest absolute Gasteiger partial charge is 0.117 e. The number of nitrogens with one attached hydrogen (secondary N) is 2. The molecule has 0 atom stereocenters. The topological polar surface area (TPSA) is 62.9 Å². The van der Waals surface area contributed by atoms with Crippen LogP contribution in [0.25, 0.3) is 0 Å². The van der Waals surface area contributed by atoms with Crippen LogP contribution in [0.5, 0.6) is 0 Å². The molecule has 0 aromatic rings. The van der Waals surface area contributed by atoms with Gasteiger partial charge < -0.3 is 10.7 Å². The van der Waals surface area contributed by atoms with Gasteiger partial charge in [0.1, 0.15) is 11.8 Å². The zero-order valence-electron chi connectivity index (χ0n) is 7.06. The Kier molecular flexibility index (Phi) is 4.65. The van der Waals surface area contributed by atoms with Crippen molar-refractivity contribution in [1.29, 1.82) is 10.7 Å². The van der Waals surface area contributed by atoms with E-state index in [0.717, 1.165) is 0 Å². The maximum atomic E-state index is 12.2. The van der Waals surface area contributed by atoms with E-state index in [1.165, 1.54) is 13.1 Å². The number of allylic oxidation sites excluding steroid dienone is 1. The molecule has 0 aliphatic rings. The van der Waals surface area contributed by atoms with Crippen molar-refractivity contribution >= 4 is 5.71 Å². The summed E-state index contributed by atoms with van der Waals surface area (Å²) in [5.41, 5.74) is 0.299. The predicted molar refractivity (Wildman–Crippen MR) is 44.2 cm³/mol. The minimum atomic E-state index is -0.118. The Balaban J connectivity index is 4.15. The van der Waals surface area contributed by atoms with Crippen LogP contribution < -0.4 is 5.32 Å². The Morgan fingerprint density at radius 1 is 1.83 bits per heavy atom. The Bertz CT molecular complexity index is 226. The first kappa shape index (κ1) is 10.6. The van der Waals surface area contributed by atoms with Crippen molar-refractivity contribution in [2.24, 2.45) is 0 Å². The third-order valence-electron chi connectivity index (χ3n) is 1.10. The van der Waals surface area contributed by atoms with Crippen molar-refractivity contribution in [2.75, 3.05) is 20.6 Å². The summed E-state index contributed by atoms with van der Waals surface area (Å²) < 4.78 is 12.2. The summed E-state index contributed by atoms with van der Waals surface area (Å²) in [6.45, 7) is -0.118. The molecule has 0 radical (unpaired) electrons. The average molecular weight is 170 g/mol. The van der Waals surface area contributed by atoms with Crippen LogP contribution in [0, 0.1) is 16.7 Å². The summed E-state index contributed by atoms with van der Waals surface area (Å²) in [4.78, 5) is 0. The second-order valence-electron chi connectivity index (χ2n) is 2.21. The van der Waals surface area contributed by atoms with E-state index in [-0.39, 0.29) is 18.0 Å². The minimum Gasteiger partial charge on any atom is -0.380 e. The summed E-state index contributed by atoms with van der Waals surface area (Å²) in [5, 5.41) is 18.6. The molecule has 0 bridgehead atoms. The molecule has 66 valence electrons. The van der Waals surface area contributed by atoms with Gasteiger partial charge in [-0.3, -0.25) is 0 Å². The molecule has 0 aromatic carbocycles. The molecule has 0 unspecified atom stereocenters. The van der Waals surface area contributed by atoms with Crippen molar-refractivity contribution in [2.45, 2.75) is 0 Å². The van der Waals surface area contributed by atoms with Crippen LogP contribution >= 0.6 is 0 Å². The Morgan fingerprint density at radius 3 is 2.75 bits per heavy atom. The highest BCUT2D eigenvalue weighted by atomic mass is 19.2. The lowest BCUT2D eigenvalue weighted by molar-refractivity contribution is 0.0819. The molecule has 0 rings (SSSR count). The minimum absolute atomic E-state index is 0.0471. The summed E-state index contributed by atoms with van der Waals surface area (Å²) in [6.07, 6.45) is 1.29. The van der Waals surface area contributed by atoms with E-state index < -0.39 is 0 Å². The molecule has 12 heavy (non-hydrogen) atoms. The van der Waals surface area contributed by atoms with Gasteiger partial charge in [0.2, 0.25) is 0 Å². The Labute approximate surface area is 70.7 Å². The third kappa shape index (κ3) is 4.41. The van der Waals surface area contributed by atoms with E-state index in [9.17, 15) is 4.48 Å². The van der Waals surface area contributed by atoms with E-state index >= 15 is 0 Å². The van der Waals surface area contributed by atoms with Gasteiger partial charge in [-0.1, -0.05) is 0 Å². The van der Waals surface area contributed by atoms with Gasteiger partial charge in [0, 0.05) is 14.1 Å². The molecule has 0 fully saturated rings. The standard InChI is InChI=1S/C7H11FN4/c1-11-7(4-9)3-6(10)5-12(2)8/h3,10-11H,5H2,1-2H3/b7-3-,10-6?. The first-order chi connectivity index (χ1) is 5.60. The summed E-state index contributed by atoms with van der Waals surface area (Å²) in [7, 11) is 2.79. The number of nitriles is 1. The fourth-order valence-corrected chi connectivity index (χ4v) is 0.615. The van der Waals surface area contributed by atoms with Gasteiger partial charge in [-0.25, -0.2) is 0 Å². The van der Waals surface area contributed by atoms with Crippen LogP contribution in [0.15, 0.2) is 11.8 Å². The van der Waals surface area contributed by atoms with Gasteiger partial charge in [-0.15, -0.1) is 9.60 Å². The Morgan fingerprint density at radius 2 is 2.42 bits per heavy atom. The summed E-state index contributed by atoms with van der Waals surface area (Å²) in [6, 6.07) is 1.82.